The molecule has 0 unspecified atom stereocenters. The molecule has 3 nitrogen and oxygen atoms in total. The molecule has 3 heteroatoms. The van der Waals surface area contributed by atoms with E-state index in [4.69, 9.17) is 4.74 Å². The summed E-state index contributed by atoms with van der Waals surface area (Å²) >= 11 is 0. The lowest BCUT2D eigenvalue weighted by atomic mass is 9.93. The predicted octanol–water partition coefficient (Wildman–Crippen LogP) is 3.42. The minimum Gasteiger partial charge on any atom is -0.469 e. The molecule has 0 bridgehead atoms. The first kappa shape index (κ1) is 14.6. The number of benzene rings is 1. The van der Waals surface area contributed by atoms with Crippen LogP contribution >= 0.6 is 0 Å². The summed E-state index contributed by atoms with van der Waals surface area (Å²) in [6, 6.07) is 8.31. The Labute approximate surface area is 110 Å². The maximum absolute atomic E-state index is 11.5. The molecule has 1 aromatic carbocycles. The van der Waals surface area contributed by atoms with E-state index in [-0.39, 0.29) is 5.97 Å². The van der Waals surface area contributed by atoms with Crippen molar-refractivity contribution >= 4 is 11.7 Å². The fourth-order valence-electron chi connectivity index (χ4n) is 1.66. The van der Waals surface area contributed by atoms with E-state index in [2.05, 4.69) is 31.3 Å². The topological polar surface area (TPSA) is 38.3 Å². The summed E-state index contributed by atoms with van der Waals surface area (Å²) in [6.07, 6.45) is 0. The van der Waals surface area contributed by atoms with E-state index in [1.54, 1.807) is 0 Å². The number of methoxy groups -OCH3 is 1. The number of hydrogen-bond acceptors (Lipinski definition) is 3. The molecule has 0 radical (unpaired) electrons. The Morgan fingerprint density at radius 2 is 1.83 bits per heavy atom. The molecule has 0 amide bonds. The number of hydrogen-bond donors (Lipinski definition) is 1. The van der Waals surface area contributed by atoms with Gasteiger partial charge in [-0.1, -0.05) is 26.0 Å². The molecular formula is C15H23NO2. The normalized spacial score (nSPS) is 11.4. The van der Waals surface area contributed by atoms with Gasteiger partial charge in [-0.05, 0) is 37.5 Å². The predicted molar refractivity (Wildman–Crippen MR) is 74.8 cm³/mol. The van der Waals surface area contributed by atoms with Crippen LogP contribution in [-0.2, 0) is 9.53 Å². The van der Waals surface area contributed by atoms with Crippen LogP contribution in [-0.4, -0.2) is 19.6 Å². The van der Waals surface area contributed by atoms with Crippen LogP contribution in [0.4, 0.5) is 5.69 Å². The Morgan fingerprint density at radius 1 is 1.28 bits per heavy atom. The third-order valence-electron chi connectivity index (χ3n) is 3.05. The van der Waals surface area contributed by atoms with Crippen molar-refractivity contribution in [3.05, 3.63) is 29.8 Å². The molecule has 1 rings (SSSR count). The summed E-state index contributed by atoms with van der Waals surface area (Å²) < 4.78 is 4.78. The maximum Gasteiger partial charge on any atom is 0.313 e. The summed E-state index contributed by atoms with van der Waals surface area (Å²) in [6.45, 7) is 8.63. The van der Waals surface area contributed by atoms with Crippen LogP contribution in [0.25, 0.3) is 0 Å². The van der Waals surface area contributed by atoms with Crippen LogP contribution in [0.3, 0.4) is 0 Å². The third-order valence-corrected chi connectivity index (χ3v) is 3.05. The van der Waals surface area contributed by atoms with Gasteiger partial charge in [-0.25, -0.2) is 0 Å². The monoisotopic (exact) mass is 249 g/mol. The molecule has 0 saturated carbocycles. The quantitative estimate of drug-likeness (QED) is 0.813. The molecule has 0 aromatic heterocycles. The van der Waals surface area contributed by atoms with Gasteiger partial charge in [0.05, 0.1) is 12.5 Å². The van der Waals surface area contributed by atoms with Gasteiger partial charge in [-0.2, -0.15) is 0 Å². The smallest absolute Gasteiger partial charge is 0.313 e. The van der Waals surface area contributed by atoms with Gasteiger partial charge in [0.1, 0.15) is 0 Å². The number of esters is 1. The third kappa shape index (κ3) is 3.76. The zero-order chi connectivity index (χ0) is 13.8. The lowest BCUT2D eigenvalue weighted by Crippen LogP contribution is -2.33. The minimum atomic E-state index is -0.522. The highest BCUT2D eigenvalue weighted by Gasteiger charge is 2.28. The molecule has 0 atom stereocenters. The fraction of sp³-hybridized carbons (Fsp3) is 0.533. The molecular weight excluding hydrogens is 226 g/mol. The van der Waals surface area contributed by atoms with Crippen molar-refractivity contribution in [1.29, 1.82) is 0 Å². The van der Waals surface area contributed by atoms with Crippen LogP contribution in [0.15, 0.2) is 24.3 Å². The second kappa shape index (κ2) is 5.89. The van der Waals surface area contributed by atoms with Crippen molar-refractivity contribution in [3.8, 4) is 0 Å². The molecule has 0 aliphatic rings. The Kier molecular flexibility index (Phi) is 4.76. The maximum atomic E-state index is 11.5. The van der Waals surface area contributed by atoms with Gasteiger partial charge in [0.15, 0.2) is 0 Å². The van der Waals surface area contributed by atoms with Crippen LogP contribution in [0, 0.1) is 5.41 Å². The fourth-order valence-corrected chi connectivity index (χ4v) is 1.66. The lowest BCUT2D eigenvalue weighted by Gasteiger charge is -2.22. The molecule has 1 N–H and O–H groups in total. The SMILES string of the molecule is COC(=O)C(C)(C)CNc1ccc(C(C)C)cc1. The first-order valence-electron chi connectivity index (χ1n) is 6.29. The molecule has 1 aromatic rings. The van der Waals surface area contributed by atoms with Crippen LogP contribution in [0.2, 0.25) is 0 Å². The van der Waals surface area contributed by atoms with Crippen LogP contribution in [0.5, 0.6) is 0 Å². The average Bonchev–Trinajstić information content (AvgIpc) is 2.35. The summed E-state index contributed by atoms with van der Waals surface area (Å²) in [5.41, 5.74) is 1.81. The Bertz CT molecular complexity index is 393. The summed E-state index contributed by atoms with van der Waals surface area (Å²) in [4.78, 5) is 11.5. The Balaban J connectivity index is 2.61. The summed E-state index contributed by atoms with van der Waals surface area (Å²) in [7, 11) is 1.42. The van der Waals surface area contributed by atoms with Crippen LogP contribution in [0.1, 0.15) is 39.2 Å². The molecule has 0 saturated heterocycles. The highest BCUT2D eigenvalue weighted by Crippen LogP contribution is 2.20. The standard InChI is InChI=1S/C15H23NO2/c1-11(2)12-6-8-13(9-7-12)16-10-15(3,4)14(17)18-5/h6-9,11,16H,10H2,1-5H3. The summed E-state index contributed by atoms with van der Waals surface area (Å²) in [5, 5.41) is 3.27. The van der Waals surface area contributed by atoms with Gasteiger partial charge >= 0.3 is 5.97 Å². The highest BCUT2D eigenvalue weighted by atomic mass is 16.5. The van der Waals surface area contributed by atoms with Crippen molar-refractivity contribution in [1.82, 2.24) is 0 Å². The van der Waals surface area contributed by atoms with Gasteiger partial charge in [0, 0.05) is 12.2 Å². The van der Waals surface area contributed by atoms with Crippen molar-refractivity contribution in [2.24, 2.45) is 5.41 Å². The molecule has 18 heavy (non-hydrogen) atoms. The minimum absolute atomic E-state index is 0.200. The Hall–Kier alpha value is -1.51. The molecule has 0 heterocycles. The molecule has 0 fully saturated rings. The van der Waals surface area contributed by atoms with E-state index < -0.39 is 5.41 Å². The first-order valence-corrected chi connectivity index (χ1v) is 6.29. The Morgan fingerprint density at radius 3 is 2.28 bits per heavy atom. The highest BCUT2D eigenvalue weighted by molar-refractivity contribution is 5.76. The number of anilines is 1. The number of carbonyl (C=O) groups is 1. The molecule has 0 aliphatic carbocycles. The van der Waals surface area contributed by atoms with Gasteiger partial charge in [-0.3, -0.25) is 4.79 Å². The van der Waals surface area contributed by atoms with E-state index >= 15 is 0 Å². The number of carbonyl (C=O) groups excluding carboxylic acids is 1. The number of rotatable bonds is 5. The van der Waals surface area contributed by atoms with Crippen molar-refractivity contribution < 1.29 is 9.53 Å². The molecule has 0 spiro atoms. The number of nitrogens with one attached hydrogen (secondary N) is 1. The van der Waals surface area contributed by atoms with E-state index in [0.29, 0.717) is 12.5 Å². The van der Waals surface area contributed by atoms with Gasteiger partial charge in [0.2, 0.25) is 0 Å². The zero-order valence-electron chi connectivity index (χ0n) is 11.9. The largest absolute Gasteiger partial charge is 0.469 e. The van der Waals surface area contributed by atoms with Crippen molar-refractivity contribution in [2.45, 2.75) is 33.6 Å². The second-order valence-electron chi connectivity index (χ2n) is 5.51. The summed E-state index contributed by atoms with van der Waals surface area (Å²) in [5.74, 6) is 0.333. The first-order chi connectivity index (χ1) is 8.36. The van der Waals surface area contributed by atoms with Gasteiger partial charge in [-0.15, -0.1) is 0 Å². The van der Waals surface area contributed by atoms with Gasteiger partial charge < -0.3 is 10.1 Å². The second-order valence-corrected chi connectivity index (χ2v) is 5.51. The molecule has 0 aliphatic heterocycles. The average molecular weight is 249 g/mol. The van der Waals surface area contributed by atoms with E-state index in [1.807, 2.05) is 26.0 Å². The van der Waals surface area contributed by atoms with Gasteiger partial charge in [0.25, 0.3) is 0 Å². The lowest BCUT2D eigenvalue weighted by molar-refractivity contribution is -0.149. The van der Waals surface area contributed by atoms with Crippen LogP contribution < -0.4 is 5.32 Å². The van der Waals surface area contributed by atoms with E-state index in [1.165, 1.54) is 12.7 Å². The molecule has 100 valence electrons. The van der Waals surface area contributed by atoms with E-state index in [9.17, 15) is 4.79 Å². The van der Waals surface area contributed by atoms with Crippen molar-refractivity contribution in [3.63, 3.8) is 0 Å². The number of ether oxygens (including phenoxy) is 1. The zero-order valence-corrected chi connectivity index (χ0v) is 11.9. The van der Waals surface area contributed by atoms with Crippen molar-refractivity contribution in [2.75, 3.05) is 19.0 Å². The van der Waals surface area contributed by atoms with E-state index in [0.717, 1.165) is 5.69 Å².